The van der Waals surface area contributed by atoms with E-state index >= 15 is 0 Å². The molecule has 1 aliphatic heterocycles. The van der Waals surface area contributed by atoms with Crippen molar-refractivity contribution in [3.05, 3.63) is 54.1 Å². The van der Waals surface area contributed by atoms with E-state index < -0.39 is 10.0 Å². The molecule has 2 N–H and O–H groups in total. The fourth-order valence-corrected chi connectivity index (χ4v) is 4.84. The summed E-state index contributed by atoms with van der Waals surface area (Å²) >= 11 is 0. The Morgan fingerprint density at radius 2 is 1.62 bits per heavy atom. The average molecular weight is 459 g/mol. The number of piperazine rings is 1. The van der Waals surface area contributed by atoms with E-state index in [2.05, 4.69) is 10.0 Å². The molecule has 0 aromatic heterocycles. The molecule has 1 aliphatic carbocycles. The third kappa shape index (κ3) is 5.03. The maximum absolute atomic E-state index is 12.8. The second kappa shape index (κ2) is 9.17. The number of urea groups is 1. The molecule has 170 valence electrons. The lowest BCUT2D eigenvalue weighted by Gasteiger charge is -2.34. The van der Waals surface area contributed by atoms with Crippen LogP contribution in [0.25, 0.3) is 0 Å². The van der Waals surface area contributed by atoms with Crippen molar-refractivity contribution in [2.75, 3.05) is 38.6 Å². The fraction of sp³-hybridized carbons (Fsp3) is 0.364. The topological polar surface area (TPSA) is 108 Å². The fourth-order valence-electron chi connectivity index (χ4n) is 3.51. The summed E-state index contributed by atoms with van der Waals surface area (Å²) in [5.74, 6) is 0.301. The minimum atomic E-state index is -3.66. The summed E-state index contributed by atoms with van der Waals surface area (Å²) in [7, 11) is -2.21. The first-order valence-corrected chi connectivity index (χ1v) is 12.0. The Hall–Kier alpha value is -3.11. The van der Waals surface area contributed by atoms with E-state index in [0.29, 0.717) is 37.5 Å². The second-order valence-corrected chi connectivity index (χ2v) is 9.55. The van der Waals surface area contributed by atoms with Crippen LogP contribution in [-0.4, -0.2) is 69.5 Å². The molecule has 3 amide bonds. The van der Waals surface area contributed by atoms with Crippen molar-refractivity contribution in [1.29, 1.82) is 0 Å². The number of sulfonamides is 1. The van der Waals surface area contributed by atoms with Crippen molar-refractivity contribution >= 4 is 27.6 Å². The number of carbonyl (C=O) groups excluding carboxylic acids is 2. The van der Waals surface area contributed by atoms with E-state index in [1.54, 1.807) is 21.9 Å². The number of anilines is 1. The predicted molar refractivity (Wildman–Crippen MR) is 119 cm³/mol. The van der Waals surface area contributed by atoms with E-state index in [1.165, 1.54) is 25.3 Å². The Morgan fingerprint density at radius 1 is 0.969 bits per heavy atom. The maximum Gasteiger partial charge on any atom is 0.322 e. The van der Waals surface area contributed by atoms with Gasteiger partial charge in [-0.15, -0.1) is 0 Å². The van der Waals surface area contributed by atoms with E-state index in [1.807, 2.05) is 18.2 Å². The normalized spacial score (nSPS) is 16.5. The van der Waals surface area contributed by atoms with Gasteiger partial charge < -0.3 is 19.9 Å². The van der Waals surface area contributed by atoms with Gasteiger partial charge >= 0.3 is 6.03 Å². The third-order valence-electron chi connectivity index (χ3n) is 5.50. The molecule has 2 aliphatic rings. The first-order chi connectivity index (χ1) is 15.4. The smallest absolute Gasteiger partial charge is 0.322 e. The van der Waals surface area contributed by atoms with E-state index in [4.69, 9.17) is 4.74 Å². The van der Waals surface area contributed by atoms with Crippen LogP contribution in [0, 0.1) is 0 Å². The van der Waals surface area contributed by atoms with E-state index in [9.17, 15) is 18.0 Å². The molecule has 0 radical (unpaired) electrons. The summed E-state index contributed by atoms with van der Waals surface area (Å²) in [6.45, 7) is 1.57. The van der Waals surface area contributed by atoms with Gasteiger partial charge in [-0.2, -0.15) is 0 Å². The maximum atomic E-state index is 12.8. The van der Waals surface area contributed by atoms with Gasteiger partial charge in [-0.3, -0.25) is 4.79 Å². The number of methoxy groups -OCH3 is 1. The van der Waals surface area contributed by atoms with Crippen LogP contribution >= 0.6 is 0 Å². The molecule has 2 fully saturated rings. The minimum absolute atomic E-state index is 0.0185. The van der Waals surface area contributed by atoms with Crippen molar-refractivity contribution in [2.45, 2.75) is 23.8 Å². The van der Waals surface area contributed by atoms with Crippen LogP contribution in [0.1, 0.15) is 23.2 Å². The zero-order valence-electron chi connectivity index (χ0n) is 17.8. The Morgan fingerprint density at radius 3 is 2.25 bits per heavy atom. The first-order valence-electron chi connectivity index (χ1n) is 10.5. The van der Waals surface area contributed by atoms with Crippen LogP contribution in [-0.2, 0) is 10.0 Å². The Labute approximate surface area is 187 Å². The molecule has 2 aromatic carbocycles. The largest absolute Gasteiger partial charge is 0.495 e. The first kappa shape index (κ1) is 22.1. The van der Waals surface area contributed by atoms with Crippen LogP contribution < -0.4 is 14.8 Å². The Bertz CT molecular complexity index is 1090. The second-order valence-electron chi connectivity index (χ2n) is 7.83. The zero-order chi connectivity index (χ0) is 22.7. The highest BCUT2D eigenvalue weighted by Crippen LogP contribution is 2.29. The number of rotatable bonds is 6. The van der Waals surface area contributed by atoms with Gasteiger partial charge in [0.1, 0.15) is 5.75 Å². The zero-order valence-corrected chi connectivity index (χ0v) is 18.6. The molecule has 2 aromatic rings. The highest BCUT2D eigenvalue weighted by Gasteiger charge is 2.29. The number of nitrogens with one attached hydrogen (secondary N) is 2. The molecule has 9 nitrogen and oxygen atoms in total. The summed E-state index contributed by atoms with van der Waals surface area (Å²) in [4.78, 5) is 28.8. The number of ether oxygens (including phenoxy) is 1. The Kier molecular flexibility index (Phi) is 6.33. The van der Waals surface area contributed by atoms with Crippen LogP contribution in [0.5, 0.6) is 5.75 Å². The highest BCUT2D eigenvalue weighted by molar-refractivity contribution is 7.89. The summed E-state index contributed by atoms with van der Waals surface area (Å²) in [6.07, 6.45) is 1.66. The molecule has 0 bridgehead atoms. The van der Waals surface area contributed by atoms with Crippen molar-refractivity contribution in [3.63, 3.8) is 0 Å². The van der Waals surface area contributed by atoms with Crippen LogP contribution in [0.15, 0.2) is 53.4 Å². The number of carbonyl (C=O) groups is 2. The van der Waals surface area contributed by atoms with Crippen molar-refractivity contribution in [2.24, 2.45) is 0 Å². The predicted octanol–water partition coefficient (Wildman–Crippen LogP) is 2.13. The molecular formula is C22H26N4O5S. The van der Waals surface area contributed by atoms with Gasteiger partial charge in [0.05, 0.1) is 17.7 Å². The van der Waals surface area contributed by atoms with Gasteiger partial charge in [0.25, 0.3) is 5.91 Å². The Balaban J connectivity index is 1.40. The number of benzene rings is 2. The van der Waals surface area contributed by atoms with Crippen molar-refractivity contribution in [1.82, 2.24) is 14.5 Å². The van der Waals surface area contributed by atoms with Gasteiger partial charge in [-0.25, -0.2) is 17.9 Å². The van der Waals surface area contributed by atoms with Gasteiger partial charge in [0.2, 0.25) is 10.0 Å². The van der Waals surface area contributed by atoms with Gasteiger partial charge in [-0.1, -0.05) is 18.2 Å². The summed E-state index contributed by atoms with van der Waals surface area (Å²) < 4.78 is 33.0. The summed E-state index contributed by atoms with van der Waals surface area (Å²) in [6, 6.07) is 13.0. The minimum Gasteiger partial charge on any atom is -0.495 e. The lowest BCUT2D eigenvalue weighted by Crippen LogP contribution is -2.51. The van der Waals surface area contributed by atoms with Crippen LogP contribution in [0.4, 0.5) is 10.5 Å². The molecular weight excluding hydrogens is 432 g/mol. The molecule has 4 rings (SSSR count). The lowest BCUT2D eigenvalue weighted by atomic mass is 10.2. The summed E-state index contributed by atoms with van der Waals surface area (Å²) in [5, 5.41) is 2.75. The molecule has 1 saturated heterocycles. The SMILES string of the molecule is COc1ccc(S(=O)(=O)NC2CC2)cc1NC(=O)N1CCN(C(=O)c2ccccc2)CC1. The molecule has 1 saturated carbocycles. The van der Waals surface area contributed by atoms with E-state index in [0.717, 1.165) is 12.8 Å². The molecule has 0 spiro atoms. The molecule has 0 atom stereocenters. The standard InChI is InChI=1S/C22H26N4O5S/c1-31-20-10-9-18(32(29,30)24-17-7-8-17)15-19(20)23-22(28)26-13-11-25(12-14-26)21(27)16-5-3-2-4-6-16/h2-6,9-10,15,17,24H,7-8,11-14H2,1H3,(H,23,28). The van der Waals surface area contributed by atoms with Gasteiger partial charge in [-0.05, 0) is 43.2 Å². The summed E-state index contributed by atoms with van der Waals surface area (Å²) in [5.41, 5.74) is 0.895. The number of amides is 3. The number of nitrogens with zero attached hydrogens (tertiary/aromatic N) is 2. The number of hydrogen-bond acceptors (Lipinski definition) is 5. The molecule has 10 heteroatoms. The molecule has 0 unspecified atom stereocenters. The van der Waals surface area contributed by atoms with Crippen LogP contribution in [0.2, 0.25) is 0 Å². The third-order valence-corrected chi connectivity index (χ3v) is 7.02. The van der Waals surface area contributed by atoms with E-state index in [-0.39, 0.29) is 28.6 Å². The van der Waals surface area contributed by atoms with Crippen molar-refractivity contribution in [3.8, 4) is 5.75 Å². The van der Waals surface area contributed by atoms with Gasteiger partial charge in [0, 0.05) is 37.8 Å². The van der Waals surface area contributed by atoms with Crippen molar-refractivity contribution < 1.29 is 22.7 Å². The highest BCUT2D eigenvalue weighted by atomic mass is 32.2. The molecule has 32 heavy (non-hydrogen) atoms. The molecule has 1 heterocycles. The van der Waals surface area contributed by atoms with Crippen LogP contribution in [0.3, 0.4) is 0 Å². The number of hydrogen-bond donors (Lipinski definition) is 2. The monoisotopic (exact) mass is 458 g/mol. The lowest BCUT2D eigenvalue weighted by molar-refractivity contribution is 0.0671. The van der Waals surface area contributed by atoms with Gasteiger partial charge in [0.15, 0.2) is 0 Å². The quantitative estimate of drug-likeness (QED) is 0.690. The average Bonchev–Trinajstić information content (AvgIpc) is 3.62.